The van der Waals surface area contributed by atoms with Crippen LogP contribution in [0.3, 0.4) is 0 Å². The number of hydrogen-bond donors (Lipinski definition) is 1. The van der Waals surface area contributed by atoms with Crippen LogP contribution in [0.15, 0.2) is 0 Å². The second kappa shape index (κ2) is 5.84. The summed E-state index contributed by atoms with van der Waals surface area (Å²) in [4.78, 5) is 0. The van der Waals surface area contributed by atoms with E-state index < -0.39 is 0 Å². The maximum atomic E-state index is 6.50. The highest BCUT2D eigenvalue weighted by Crippen LogP contribution is 2.33. The highest BCUT2D eigenvalue weighted by atomic mass is 35.5. The SMILES string of the molecule is CCc1nn(C)c(CC2(CC(C)C)CCCN2)c1Cl. The zero-order chi connectivity index (χ0) is 14.0. The van der Waals surface area contributed by atoms with Gasteiger partial charge in [-0.2, -0.15) is 5.10 Å². The molecule has 4 heteroatoms. The first-order valence-corrected chi connectivity index (χ1v) is 7.80. The number of nitrogens with zero attached hydrogens (tertiary/aromatic N) is 2. The number of hydrogen-bond acceptors (Lipinski definition) is 2. The van der Waals surface area contributed by atoms with Crippen molar-refractivity contribution < 1.29 is 0 Å². The van der Waals surface area contributed by atoms with Crippen LogP contribution in [0, 0.1) is 5.92 Å². The molecule has 1 aromatic heterocycles. The molecule has 1 saturated heterocycles. The fourth-order valence-electron chi connectivity index (χ4n) is 3.38. The van der Waals surface area contributed by atoms with Gasteiger partial charge in [0.2, 0.25) is 0 Å². The molecule has 0 aliphatic carbocycles. The molecular formula is C15H26ClN3. The van der Waals surface area contributed by atoms with Gasteiger partial charge in [-0.3, -0.25) is 4.68 Å². The third-order valence-electron chi connectivity index (χ3n) is 4.14. The van der Waals surface area contributed by atoms with Gasteiger partial charge in [-0.15, -0.1) is 0 Å². The fraction of sp³-hybridized carbons (Fsp3) is 0.800. The van der Waals surface area contributed by atoms with Gasteiger partial charge in [-0.05, 0) is 38.1 Å². The van der Waals surface area contributed by atoms with E-state index in [0.29, 0.717) is 5.92 Å². The molecule has 1 aromatic rings. The van der Waals surface area contributed by atoms with Gasteiger partial charge in [0.1, 0.15) is 0 Å². The zero-order valence-corrected chi connectivity index (χ0v) is 13.3. The molecule has 1 fully saturated rings. The maximum Gasteiger partial charge on any atom is 0.0850 e. The highest BCUT2D eigenvalue weighted by Gasteiger charge is 2.36. The van der Waals surface area contributed by atoms with Gasteiger partial charge in [0.15, 0.2) is 0 Å². The minimum atomic E-state index is 0.219. The summed E-state index contributed by atoms with van der Waals surface area (Å²) in [6, 6.07) is 0. The molecule has 2 rings (SSSR count). The summed E-state index contributed by atoms with van der Waals surface area (Å²) >= 11 is 6.50. The van der Waals surface area contributed by atoms with E-state index in [1.165, 1.54) is 25.0 Å². The fourth-order valence-corrected chi connectivity index (χ4v) is 3.74. The van der Waals surface area contributed by atoms with E-state index in [1.54, 1.807) is 0 Å². The largest absolute Gasteiger partial charge is 0.311 e. The van der Waals surface area contributed by atoms with E-state index in [-0.39, 0.29) is 5.54 Å². The average molecular weight is 284 g/mol. The second-order valence-corrected chi connectivity index (χ2v) is 6.65. The Hall–Kier alpha value is -0.540. The standard InChI is InChI=1S/C15H26ClN3/c1-5-12-14(16)13(19(4)18-12)10-15(9-11(2)3)7-6-8-17-15/h11,17H,5-10H2,1-4H3. The summed E-state index contributed by atoms with van der Waals surface area (Å²) in [5.74, 6) is 0.697. The summed E-state index contributed by atoms with van der Waals surface area (Å²) in [6.07, 6.45) is 5.61. The number of aryl methyl sites for hydroxylation is 2. The summed E-state index contributed by atoms with van der Waals surface area (Å²) in [7, 11) is 2.01. The molecule has 1 unspecified atom stereocenters. The normalized spacial score (nSPS) is 23.5. The van der Waals surface area contributed by atoms with E-state index in [4.69, 9.17) is 11.6 Å². The molecule has 0 saturated carbocycles. The van der Waals surface area contributed by atoms with Crippen LogP contribution in [-0.2, 0) is 19.9 Å². The summed E-state index contributed by atoms with van der Waals surface area (Å²) in [5.41, 5.74) is 2.43. The highest BCUT2D eigenvalue weighted by molar-refractivity contribution is 6.31. The van der Waals surface area contributed by atoms with Crippen molar-refractivity contribution in [2.45, 2.75) is 58.4 Å². The summed E-state index contributed by atoms with van der Waals surface area (Å²) in [5, 5.41) is 9.15. The molecule has 108 valence electrons. The van der Waals surface area contributed by atoms with Gasteiger partial charge < -0.3 is 5.32 Å². The Labute approximate surface area is 121 Å². The van der Waals surface area contributed by atoms with Crippen LogP contribution >= 0.6 is 11.6 Å². The van der Waals surface area contributed by atoms with Crippen molar-refractivity contribution in [2.24, 2.45) is 13.0 Å². The first-order chi connectivity index (χ1) is 8.97. The van der Waals surface area contributed by atoms with Gasteiger partial charge in [0.25, 0.3) is 0 Å². The predicted molar refractivity (Wildman–Crippen MR) is 80.7 cm³/mol. The van der Waals surface area contributed by atoms with E-state index >= 15 is 0 Å². The minimum Gasteiger partial charge on any atom is -0.311 e. The number of aromatic nitrogens is 2. The molecule has 0 aromatic carbocycles. The molecule has 19 heavy (non-hydrogen) atoms. The van der Waals surface area contributed by atoms with Gasteiger partial charge in [-0.1, -0.05) is 32.4 Å². The van der Waals surface area contributed by atoms with Crippen LogP contribution in [0.5, 0.6) is 0 Å². The lowest BCUT2D eigenvalue weighted by atomic mass is 9.83. The Morgan fingerprint density at radius 3 is 2.68 bits per heavy atom. The lowest BCUT2D eigenvalue weighted by Crippen LogP contribution is -2.43. The molecule has 1 atom stereocenters. The summed E-state index contributed by atoms with van der Waals surface area (Å²) in [6.45, 7) is 7.83. The lowest BCUT2D eigenvalue weighted by molar-refractivity contribution is 0.296. The third kappa shape index (κ3) is 3.14. The van der Waals surface area contributed by atoms with E-state index in [2.05, 4.69) is 31.2 Å². The van der Waals surface area contributed by atoms with E-state index in [0.717, 1.165) is 30.1 Å². The molecular weight excluding hydrogens is 258 g/mol. The van der Waals surface area contributed by atoms with Crippen molar-refractivity contribution in [3.05, 3.63) is 16.4 Å². The zero-order valence-electron chi connectivity index (χ0n) is 12.6. The van der Waals surface area contributed by atoms with Crippen LogP contribution in [0.2, 0.25) is 5.02 Å². The van der Waals surface area contributed by atoms with Crippen molar-refractivity contribution in [3.8, 4) is 0 Å². The maximum absolute atomic E-state index is 6.50. The molecule has 3 nitrogen and oxygen atoms in total. The van der Waals surface area contributed by atoms with Crippen molar-refractivity contribution in [3.63, 3.8) is 0 Å². The Kier molecular flexibility index (Phi) is 4.57. The van der Waals surface area contributed by atoms with Crippen molar-refractivity contribution in [1.29, 1.82) is 0 Å². The summed E-state index contributed by atoms with van der Waals surface area (Å²) < 4.78 is 1.98. The second-order valence-electron chi connectivity index (χ2n) is 6.27. The van der Waals surface area contributed by atoms with Crippen molar-refractivity contribution in [1.82, 2.24) is 15.1 Å². The number of nitrogens with one attached hydrogen (secondary N) is 1. The molecule has 0 spiro atoms. The molecule has 1 aliphatic heterocycles. The molecule has 1 N–H and O–H groups in total. The average Bonchev–Trinajstić information content (AvgIpc) is 2.89. The number of halogens is 1. The van der Waals surface area contributed by atoms with E-state index in [1.807, 2.05) is 11.7 Å². The van der Waals surface area contributed by atoms with Crippen LogP contribution in [0.1, 0.15) is 51.4 Å². The van der Waals surface area contributed by atoms with E-state index in [9.17, 15) is 0 Å². The van der Waals surface area contributed by atoms with Gasteiger partial charge >= 0.3 is 0 Å². The first kappa shape index (κ1) is 14.9. The lowest BCUT2D eigenvalue weighted by Gasteiger charge is -2.31. The topological polar surface area (TPSA) is 29.9 Å². The Morgan fingerprint density at radius 2 is 2.21 bits per heavy atom. The van der Waals surface area contributed by atoms with Gasteiger partial charge in [0, 0.05) is 19.0 Å². The van der Waals surface area contributed by atoms with Gasteiger partial charge in [0.05, 0.1) is 16.4 Å². The molecule has 0 radical (unpaired) electrons. The predicted octanol–water partition coefficient (Wildman–Crippen LogP) is 3.35. The quantitative estimate of drug-likeness (QED) is 0.898. The third-order valence-corrected chi connectivity index (χ3v) is 4.58. The van der Waals surface area contributed by atoms with Gasteiger partial charge in [-0.25, -0.2) is 0 Å². The van der Waals surface area contributed by atoms with Crippen molar-refractivity contribution >= 4 is 11.6 Å². The molecule has 1 aliphatic rings. The van der Waals surface area contributed by atoms with Crippen molar-refractivity contribution in [2.75, 3.05) is 6.54 Å². The van der Waals surface area contributed by atoms with Crippen LogP contribution in [0.4, 0.5) is 0 Å². The van der Waals surface area contributed by atoms with Crippen LogP contribution < -0.4 is 5.32 Å². The smallest absolute Gasteiger partial charge is 0.0850 e. The Balaban J connectivity index is 2.24. The molecule has 0 bridgehead atoms. The molecule has 0 amide bonds. The molecule has 2 heterocycles. The monoisotopic (exact) mass is 283 g/mol. The van der Waals surface area contributed by atoms with Crippen LogP contribution in [-0.4, -0.2) is 21.9 Å². The minimum absolute atomic E-state index is 0.219. The van der Waals surface area contributed by atoms with Crippen LogP contribution in [0.25, 0.3) is 0 Å². The first-order valence-electron chi connectivity index (χ1n) is 7.42. The number of rotatable bonds is 5. The Bertz CT molecular complexity index is 431. The Morgan fingerprint density at radius 1 is 1.47 bits per heavy atom.